The summed E-state index contributed by atoms with van der Waals surface area (Å²) in [7, 11) is 2.39. The first kappa shape index (κ1) is 105. The molecular formula is C103H129N19O18S3. The molecule has 6 atom stereocenters. The van der Waals surface area contributed by atoms with Gasteiger partial charge in [0.1, 0.15) is 29.1 Å². The fourth-order valence-corrected chi connectivity index (χ4v) is 19.7. The van der Waals surface area contributed by atoms with E-state index >= 15 is 0 Å². The molecule has 143 heavy (non-hydrogen) atoms. The van der Waals surface area contributed by atoms with Crippen LogP contribution >= 0.6 is 0 Å². The van der Waals surface area contributed by atoms with Gasteiger partial charge in [-0.15, -0.1) is 30.6 Å². The molecule has 0 aliphatic heterocycles. The highest BCUT2D eigenvalue weighted by Gasteiger charge is 2.36. The van der Waals surface area contributed by atoms with E-state index in [0.29, 0.717) is 90.6 Å². The average Bonchev–Trinajstić information content (AvgIpc) is 1.64. The second-order valence-electron chi connectivity index (χ2n) is 40.0. The number of fused-ring (bicyclic) bond motifs is 3. The summed E-state index contributed by atoms with van der Waals surface area (Å²) >= 11 is -6.44. The van der Waals surface area contributed by atoms with Crippen LogP contribution in [-0.2, 0) is 69.0 Å². The molecule has 0 radical (unpaired) electrons. The van der Waals surface area contributed by atoms with E-state index in [9.17, 15) is 51.0 Å². The van der Waals surface area contributed by atoms with Crippen LogP contribution in [0.15, 0.2) is 133 Å². The van der Waals surface area contributed by atoms with E-state index in [0.717, 1.165) is 138 Å². The first-order valence-electron chi connectivity index (χ1n) is 48.6. The van der Waals surface area contributed by atoms with Crippen LogP contribution in [0.2, 0.25) is 0 Å². The van der Waals surface area contributed by atoms with Crippen LogP contribution in [0.3, 0.4) is 0 Å². The number of carbonyl (C=O) groups is 8. The number of anilines is 3. The fraction of sp³-hybridized carbons (Fsp3) is 0.456. The summed E-state index contributed by atoms with van der Waals surface area (Å²) in [5, 5.41) is 44.5. The summed E-state index contributed by atoms with van der Waals surface area (Å²) in [5.74, 6) is -1.83. The maximum absolute atomic E-state index is 14.0. The molecule has 0 bridgehead atoms. The molecule has 4 saturated carbocycles. The normalized spacial score (nSPS) is 15.9. The predicted octanol–water partition coefficient (Wildman–Crippen LogP) is 18.3. The van der Waals surface area contributed by atoms with Crippen LogP contribution in [0, 0.1) is 20.8 Å². The lowest BCUT2D eigenvalue weighted by Crippen LogP contribution is -2.48. The molecule has 6 aromatic heterocycles. The Kier molecular flexibility index (Phi) is 34.0. The Morgan fingerprint density at radius 2 is 0.706 bits per heavy atom. The Balaban J connectivity index is 0.000000171. The third-order valence-corrected chi connectivity index (χ3v) is 28.2. The number of methoxy groups -OCH3 is 2. The number of hydrogen-bond acceptors (Lipinski definition) is 24. The van der Waals surface area contributed by atoms with Gasteiger partial charge in [-0.05, 0) is 226 Å². The van der Waals surface area contributed by atoms with Crippen LogP contribution in [0.1, 0.15) is 364 Å². The number of aromatic nitrogens is 12. The van der Waals surface area contributed by atoms with Gasteiger partial charge in [0.2, 0.25) is 0 Å². The van der Waals surface area contributed by atoms with Gasteiger partial charge >= 0.3 is 57.7 Å². The summed E-state index contributed by atoms with van der Waals surface area (Å²) in [4.78, 5) is 107. The third-order valence-electron chi connectivity index (χ3n) is 26.0. The number of rotatable bonds is 30. The monoisotopic (exact) mass is 2020 g/mol. The van der Waals surface area contributed by atoms with E-state index in [1.54, 1.807) is 101 Å². The smallest absolute Gasteiger partial charge is 0.342 e. The Morgan fingerprint density at radius 3 is 1.06 bits per heavy atom. The minimum absolute atomic E-state index is 0.0316. The van der Waals surface area contributed by atoms with Gasteiger partial charge in [0.05, 0.1) is 60.5 Å². The van der Waals surface area contributed by atoms with Gasteiger partial charge in [0.25, 0.3) is 23.6 Å². The van der Waals surface area contributed by atoms with Crippen molar-refractivity contribution in [3.05, 3.63) is 229 Å². The fourth-order valence-electron chi connectivity index (χ4n) is 17.8. The van der Waals surface area contributed by atoms with Crippen molar-refractivity contribution in [3.63, 3.8) is 0 Å². The number of aromatic amines is 3. The molecule has 37 nitrogen and oxygen atoms in total. The van der Waals surface area contributed by atoms with E-state index in [4.69, 9.17) is 31.5 Å². The number of hydrogen-bond donors (Lipinski definition) is 9. The molecule has 12 aromatic rings. The Morgan fingerprint density at radius 1 is 0.371 bits per heavy atom. The van der Waals surface area contributed by atoms with Crippen molar-refractivity contribution in [2.24, 2.45) is 0 Å². The number of aryl methyl sites for hydroxylation is 3. The highest BCUT2D eigenvalue weighted by Crippen LogP contribution is 2.37. The Hall–Kier alpha value is -13.6. The largest absolute Gasteiger partial charge is 0.465 e. The van der Waals surface area contributed by atoms with Gasteiger partial charge in [0.15, 0.2) is 45.9 Å². The first-order valence-corrected chi connectivity index (χ1v) is 51.9. The van der Waals surface area contributed by atoms with Crippen molar-refractivity contribution in [2.75, 3.05) is 28.4 Å². The summed E-state index contributed by atoms with van der Waals surface area (Å²) in [6, 6.07) is 35.1. The highest BCUT2D eigenvalue weighted by molar-refractivity contribution is 7.82. The minimum atomic E-state index is -2.23. The van der Waals surface area contributed by atoms with Crippen molar-refractivity contribution in [1.29, 1.82) is 0 Å². The molecular weight excluding hydrogens is 1890 g/mol. The number of nitrogens with zero attached hydrogens (tertiary/aromatic N) is 10. The van der Waals surface area contributed by atoms with Crippen molar-refractivity contribution in [2.45, 2.75) is 291 Å². The highest BCUT2D eigenvalue weighted by atomic mass is 32.2. The van der Waals surface area contributed by atoms with Crippen molar-refractivity contribution in [1.82, 2.24) is 80.3 Å². The zero-order valence-corrected chi connectivity index (χ0v) is 86.4. The van der Waals surface area contributed by atoms with E-state index < -0.39 is 75.8 Å². The van der Waals surface area contributed by atoms with Crippen molar-refractivity contribution < 1.29 is 82.5 Å². The molecule has 40 heteroatoms. The number of H-pyrrole nitrogens is 3. The first-order chi connectivity index (χ1) is 68.1. The van der Waals surface area contributed by atoms with Crippen LogP contribution in [-0.4, -0.2) is 163 Å². The van der Waals surface area contributed by atoms with Crippen LogP contribution in [0.4, 0.5) is 17.1 Å². The molecule has 4 aliphatic rings. The number of benzene rings is 6. The summed E-state index contributed by atoms with van der Waals surface area (Å²) in [6.45, 7) is 29.7. The minimum Gasteiger partial charge on any atom is -0.465 e. The zero-order chi connectivity index (χ0) is 102. The van der Waals surface area contributed by atoms with Crippen molar-refractivity contribution >= 4 is 115 Å². The molecule has 4 amide bonds. The molecule has 4 aliphatic carbocycles. The van der Waals surface area contributed by atoms with E-state index in [1.807, 2.05) is 45.0 Å². The summed E-state index contributed by atoms with van der Waals surface area (Å²) < 4.78 is 91.0. The predicted molar refractivity (Wildman–Crippen MR) is 543 cm³/mol. The standard InChI is InChI=1S/C38H48N6O7S.C37H49N7O4S.C28H32N6O7S/c1-23-16-18-26(21-30(23)35(45)39-24(2)34-41-40-33-22-32(38(3,4)5)42-44(33)34)43-52(48)51-31-20-25(36(46)49-27-12-8-6-9-13-27)17-19-29(31)37(47)50-28-14-10-7-11-15-28;1-24-19-20-27(22-31(24)35(45)38-25(2)34-40-39-33-23-32(37(3,4)5)41-44(33)34)42-49(47)48-30-18-12-13-26(21-30)36(46)43(28-14-8-6-9-15-28)29-16-10-7-11-17-29;1-15-8-10-18(33-42(38)41-21-12-17(26(36)39-6)9-11-19(21)27(37)40-7)13-20(15)25(35)29-16(2)24-31-30-23-14-22(28(3,4)5)32-34(23)24/h16-22,24,27-28,42-43H,6-15H2,1-5H3,(H,39,45);12-13,18-23,25,28-29,41-42H,6-11,14-17H2,1-5H3,(H,38,45);8-14,16,32-33H,1-7H3,(H,29,35). The lowest BCUT2D eigenvalue weighted by atomic mass is 9.88. The Labute approximate surface area is 838 Å². The second-order valence-corrected chi connectivity index (χ2v) is 42.5. The molecule has 0 saturated heterocycles. The van der Waals surface area contributed by atoms with Gasteiger partial charge in [-0.2, -0.15) is 12.6 Å². The van der Waals surface area contributed by atoms with Gasteiger partial charge in [-0.1, -0.05) is 138 Å². The summed E-state index contributed by atoms with van der Waals surface area (Å²) in [6.07, 6.45) is 20.3. The average molecular weight is 2020 g/mol. The van der Waals surface area contributed by atoms with Crippen LogP contribution in [0.25, 0.3) is 16.9 Å². The molecule has 6 unspecified atom stereocenters. The third kappa shape index (κ3) is 26.5. The maximum Gasteiger partial charge on any atom is 0.342 e. The molecule has 4 fully saturated rings. The van der Waals surface area contributed by atoms with E-state index in [2.05, 4.69) is 143 Å². The van der Waals surface area contributed by atoms with Crippen LogP contribution in [0.5, 0.6) is 17.2 Å². The molecule has 16 rings (SSSR count). The number of nitrogens with one attached hydrogen (secondary N) is 9. The zero-order valence-electron chi connectivity index (χ0n) is 83.9. The number of ether oxygens (including phenoxy) is 4. The number of carbonyl (C=O) groups excluding carboxylic acids is 8. The lowest BCUT2D eigenvalue weighted by molar-refractivity contribution is 0.0195. The van der Waals surface area contributed by atoms with E-state index in [1.165, 1.54) is 69.5 Å². The van der Waals surface area contributed by atoms with Gasteiger partial charge in [-0.3, -0.25) is 48.6 Å². The number of esters is 4. The van der Waals surface area contributed by atoms with Crippen molar-refractivity contribution in [3.8, 4) is 17.2 Å². The molecule has 762 valence electrons. The maximum atomic E-state index is 14.0. The van der Waals surface area contributed by atoms with Gasteiger partial charge in [0, 0.05) is 85.9 Å². The molecule has 0 spiro atoms. The summed E-state index contributed by atoms with van der Waals surface area (Å²) in [5.41, 5.74) is 9.78. The van der Waals surface area contributed by atoms with Crippen LogP contribution < -0.4 is 42.7 Å². The Bertz CT molecular complexity index is 6690. The SMILES string of the molecule is COC(=O)c1ccc(C(=O)OC)c(OS(=O)Nc2ccc(C)c(C(=O)NC(C)c3nnc4cc(C(C)(C)C)[nH]n34)c2)c1.Cc1ccc(NS(=O)Oc2cc(C(=O)OC3CCCCC3)ccc2C(=O)OC2CCCCC2)cc1C(=O)NC(C)c1nnc2cc(C(C)(C)C)[nH]n12.Cc1ccc(NS(=O)Oc2cccc(C(=O)N(C3CCCCC3)C3CCCCC3)c2)cc1C(=O)NC(C)c1nnc2cc(C(C)(C)C)[nH]n12. The van der Waals surface area contributed by atoms with E-state index in [-0.39, 0.29) is 97.9 Å². The molecule has 6 heterocycles. The molecule has 9 N–H and O–H groups in total. The number of amides is 4. The van der Waals surface area contributed by atoms with Gasteiger partial charge in [-0.25, -0.2) is 32.7 Å². The quantitative estimate of drug-likeness (QED) is 0.0149. The molecule has 6 aromatic carbocycles. The topological polar surface area (TPSA) is 466 Å². The lowest BCUT2D eigenvalue weighted by Gasteiger charge is -2.42. The van der Waals surface area contributed by atoms with Gasteiger partial charge < -0.3 is 52.3 Å². The second kappa shape index (κ2) is 46.2.